The van der Waals surface area contributed by atoms with Gasteiger partial charge in [0.05, 0.1) is 60.8 Å². The van der Waals surface area contributed by atoms with Crippen molar-refractivity contribution in [3.05, 3.63) is 144 Å². The van der Waals surface area contributed by atoms with Gasteiger partial charge in [0.15, 0.2) is 27.7 Å². The number of amides is 2. The first-order valence-electron chi connectivity index (χ1n) is 23.7. The molecule has 0 aromatic heterocycles. The molecule has 5 atom stereocenters. The van der Waals surface area contributed by atoms with E-state index in [1.54, 1.807) is 26.0 Å². The molecule has 0 unspecified atom stereocenters. The number of esters is 2. The Morgan fingerprint density at radius 2 is 1.15 bits per heavy atom. The smallest absolute Gasteiger partial charge is 0.337 e. The first-order valence-corrected chi connectivity index (χ1v) is 31.0. The van der Waals surface area contributed by atoms with E-state index in [2.05, 4.69) is 35.6 Å². The minimum Gasteiger partial charge on any atom is -0.497 e. The molecule has 0 aliphatic carbocycles. The van der Waals surface area contributed by atoms with E-state index in [0.29, 0.717) is 23.7 Å². The number of hydrogen-bond acceptors (Lipinski definition) is 12. The molecular weight excluding hydrogens is 1000 g/mol. The van der Waals surface area contributed by atoms with Gasteiger partial charge in [-0.05, 0) is 99.0 Å². The van der Waals surface area contributed by atoms with E-state index >= 15 is 0 Å². The molecule has 0 bridgehead atoms. The Bertz CT molecular complexity index is 2500. The summed E-state index contributed by atoms with van der Waals surface area (Å²) in [6, 6.07) is 35.1. The molecule has 14 nitrogen and oxygen atoms in total. The van der Waals surface area contributed by atoms with Crippen LogP contribution >= 0.6 is 15.9 Å². The third-order valence-corrected chi connectivity index (χ3v) is 22.2. The molecule has 382 valence electrons. The summed E-state index contributed by atoms with van der Waals surface area (Å²) < 4.78 is 47.1. The maximum Gasteiger partial charge on any atom is 0.337 e. The number of ether oxygens (including phenoxy) is 6. The summed E-state index contributed by atoms with van der Waals surface area (Å²) in [4.78, 5) is 58.9. The van der Waals surface area contributed by atoms with Gasteiger partial charge in [-0.3, -0.25) is 9.59 Å². The Morgan fingerprint density at radius 1 is 0.704 bits per heavy atom. The fourth-order valence-corrected chi connectivity index (χ4v) is 14.5. The Labute approximate surface area is 429 Å². The van der Waals surface area contributed by atoms with Crippen molar-refractivity contribution in [1.29, 1.82) is 0 Å². The van der Waals surface area contributed by atoms with Crippen LogP contribution in [0, 0.1) is 5.92 Å². The predicted molar refractivity (Wildman–Crippen MR) is 279 cm³/mol. The van der Waals surface area contributed by atoms with Gasteiger partial charge in [0.1, 0.15) is 22.7 Å². The second-order valence-electron chi connectivity index (χ2n) is 19.7. The van der Waals surface area contributed by atoms with Crippen LogP contribution in [-0.4, -0.2) is 119 Å². The first kappa shape index (κ1) is 55.2. The molecule has 3 heterocycles. The first-order chi connectivity index (χ1) is 33.7. The Morgan fingerprint density at radius 3 is 1.61 bits per heavy atom. The van der Waals surface area contributed by atoms with Gasteiger partial charge >= 0.3 is 11.9 Å². The normalized spacial score (nSPS) is 24.7. The Hall–Kier alpha value is -5.15. The van der Waals surface area contributed by atoms with Crippen LogP contribution in [-0.2, 0) is 73.3 Å². The molecule has 71 heavy (non-hydrogen) atoms. The van der Waals surface area contributed by atoms with Crippen molar-refractivity contribution < 1.29 is 56.5 Å². The van der Waals surface area contributed by atoms with Gasteiger partial charge in [0.25, 0.3) is 5.91 Å². The lowest BCUT2D eigenvalue weighted by Crippen LogP contribution is -2.70. The molecule has 3 aliphatic heterocycles. The molecule has 0 radical (unpaired) electrons. The highest BCUT2D eigenvalue weighted by molar-refractivity contribution is 9.09. The van der Waals surface area contributed by atoms with Crippen molar-refractivity contribution in [3.63, 3.8) is 0 Å². The Balaban J connectivity index is 0.000000232. The number of carbonyl (C=O) groups excluding carboxylic acids is 4. The van der Waals surface area contributed by atoms with E-state index in [4.69, 9.17) is 37.3 Å². The van der Waals surface area contributed by atoms with E-state index in [1.165, 1.54) is 19.1 Å². The minimum absolute atomic E-state index is 0.0199. The average molecular weight is 1070 g/mol. The highest BCUT2D eigenvalue weighted by atomic mass is 79.9. The third-order valence-electron chi connectivity index (χ3n) is 14.1. The standard InChI is InChI=1S/C27H34BrNO6Si.C27H35NO6Si/c1-20-24(30)29(16-21-12-14-23(32-3)15-13-21)27(25(31)33-4,26(20,2)35-36(5,6)19-28)18-34-17-22-10-8-7-9-11-22;1-26-23(15-16-35(4,5)34-26)24(29)28(17-20-11-13-22(31-2)14-12-20)27(26,25(30)32-3)19-33-18-21-9-7-6-8-10-21/h7-15H,1,16-19H2,2-6H3;6-14,23H,15-19H2,1-5H3/t26-,27+;23-,26-,27+/m00/s1. The number of fused-ring (bicyclic) bond motifs is 1. The van der Waals surface area contributed by atoms with Crippen molar-refractivity contribution in [2.24, 2.45) is 5.92 Å². The summed E-state index contributed by atoms with van der Waals surface area (Å²) in [6.45, 7) is 16.9. The zero-order chi connectivity index (χ0) is 51.8. The Kier molecular flexibility index (Phi) is 17.7. The molecule has 3 aliphatic rings. The van der Waals surface area contributed by atoms with E-state index in [0.717, 1.165) is 34.0 Å². The van der Waals surface area contributed by atoms with Gasteiger partial charge < -0.3 is 47.1 Å². The molecule has 7 rings (SSSR count). The molecule has 3 fully saturated rings. The molecule has 3 saturated heterocycles. The third kappa shape index (κ3) is 11.1. The lowest BCUT2D eigenvalue weighted by Gasteiger charge is -2.51. The van der Waals surface area contributed by atoms with Crippen LogP contribution in [0.2, 0.25) is 32.2 Å². The van der Waals surface area contributed by atoms with Crippen molar-refractivity contribution in [2.45, 2.75) is 101 Å². The number of methoxy groups -OCH3 is 4. The predicted octanol–water partition coefficient (Wildman–Crippen LogP) is 8.80. The SMILES string of the molecule is C=C1C(=O)N(Cc2ccc(OC)cc2)[C@](COCc2ccccc2)(C(=O)OC)[C@@]1(C)O[Si](C)(C)CBr.COC(=O)[C@@]1(COCc2ccccc2)N(Cc2ccc(OC)cc2)C(=O)[C@@H]2CC[Si](C)(C)O[C@@]21C. The van der Waals surface area contributed by atoms with Crippen molar-refractivity contribution in [1.82, 2.24) is 9.80 Å². The number of nitrogens with zero attached hydrogens (tertiary/aromatic N) is 2. The van der Waals surface area contributed by atoms with Crippen LogP contribution in [0.15, 0.2) is 121 Å². The van der Waals surface area contributed by atoms with Crippen LogP contribution in [0.3, 0.4) is 0 Å². The fraction of sp³-hybridized carbons (Fsp3) is 0.444. The molecular formula is C54H69BrN2O12Si2. The van der Waals surface area contributed by atoms with E-state index in [-0.39, 0.29) is 50.3 Å². The van der Waals surface area contributed by atoms with Gasteiger partial charge in [-0.25, -0.2) is 9.59 Å². The molecule has 0 saturated carbocycles. The summed E-state index contributed by atoms with van der Waals surface area (Å²) >= 11 is 3.54. The van der Waals surface area contributed by atoms with E-state index < -0.39 is 56.8 Å². The number of rotatable bonds is 19. The number of hydrogen-bond donors (Lipinski definition) is 0. The number of halogens is 1. The van der Waals surface area contributed by atoms with Crippen LogP contribution in [0.4, 0.5) is 0 Å². The highest BCUT2D eigenvalue weighted by Gasteiger charge is 2.74. The van der Waals surface area contributed by atoms with Crippen LogP contribution in [0.5, 0.6) is 11.5 Å². The van der Waals surface area contributed by atoms with Gasteiger partial charge in [-0.15, -0.1) is 0 Å². The number of likely N-dealkylation sites (tertiary alicyclic amines) is 2. The average Bonchev–Trinajstić information content (AvgIpc) is 3.63. The van der Waals surface area contributed by atoms with Crippen molar-refractivity contribution in [2.75, 3.05) is 46.6 Å². The van der Waals surface area contributed by atoms with Crippen molar-refractivity contribution in [3.8, 4) is 11.5 Å². The van der Waals surface area contributed by atoms with Crippen molar-refractivity contribution >= 4 is 56.3 Å². The summed E-state index contributed by atoms with van der Waals surface area (Å²) in [7, 11) is 1.38. The second-order valence-corrected chi connectivity index (χ2v) is 29.6. The maximum atomic E-state index is 13.9. The molecule has 4 aromatic rings. The number of carbonyl (C=O) groups is 4. The lowest BCUT2D eigenvalue weighted by atomic mass is 9.75. The van der Waals surface area contributed by atoms with Crippen LogP contribution in [0.25, 0.3) is 0 Å². The number of alkyl halides is 1. The maximum absolute atomic E-state index is 13.9. The van der Waals surface area contributed by atoms with Gasteiger partial charge in [0.2, 0.25) is 5.91 Å². The fourth-order valence-electron chi connectivity index (χ4n) is 10.2. The van der Waals surface area contributed by atoms with Crippen LogP contribution < -0.4 is 9.47 Å². The minimum atomic E-state index is -2.37. The van der Waals surface area contributed by atoms with E-state index in [9.17, 15) is 19.2 Å². The van der Waals surface area contributed by atoms with Crippen LogP contribution in [0.1, 0.15) is 42.5 Å². The monoisotopic (exact) mass is 1070 g/mol. The second kappa shape index (κ2) is 22.7. The van der Waals surface area contributed by atoms with Gasteiger partial charge in [-0.1, -0.05) is 107 Å². The number of benzene rings is 4. The lowest BCUT2D eigenvalue weighted by molar-refractivity contribution is -0.178. The summed E-state index contributed by atoms with van der Waals surface area (Å²) in [5.41, 5.74) is -1.60. The van der Waals surface area contributed by atoms with Gasteiger partial charge in [-0.2, -0.15) is 0 Å². The quantitative estimate of drug-likeness (QED) is 0.0383. The zero-order valence-corrected chi connectivity index (χ0v) is 46.3. The highest BCUT2D eigenvalue weighted by Crippen LogP contribution is 2.54. The molecule has 4 aromatic carbocycles. The summed E-state index contributed by atoms with van der Waals surface area (Å²) in [5.74, 6) is -0.617. The molecule has 0 N–H and O–H groups in total. The zero-order valence-electron chi connectivity index (χ0n) is 42.7. The largest absolute Gasteiger partial charge is 0.497 e. The molecule has 0 spiro atoms. The van der Waals surface area contributed by atoms with Gasteiger partial charge in [0, 0.05) is 23.6 Å². The molecule has 17 heteroatoms. The van der Waals surface area contributed by atoms with E-state index in [1.807, 2.05) is 129 Å². The summed E-state index contributed by atoms with van der Waals surface area (Å²) in [6.07, 6.45) is 0.686. The topological polar surface area (TPSA) is 149 Å². The molecule has 2 amide bonds. The summed E-state index contributed by atoms with van der Waals surface area (Å²) in [5, 5.41) is 0.